The molecule has 138 valence electrons. The van der Waals surface area contributed by atoms with Crippen LogP contribution in [0.2, 0.25) is 0 Å². The molecule has 1 aliphatic carbocycles. The van der Waals surface area contributed by atoms with E-state index >= 15 is 0 Å². The second-order valence-corrected chi connectivity index (χ2v) is 8.39. The van der Waals surface area contributed by atoms with Gasteiger partial charge < -0.3 is 10.6 Å². The van der Waals surface area contributed by atoms with Crippen LogP contribution in [0.1, 0.15) is 24.5 Å². The third-order valence-electron chi connectivity index (χ3n) is 4.33. The molecule has 0 unspecified atom stereocenters. The minimum Gasteiger partial charge on any atom is -0.374 e. The molecule has 0 saturated carbocycles. The smallest absolute Gasteiger partial charge is 0.246 e. The first-order valence-electron chi connectivity index (χ1n) is 8.57. The van der Waals surface area contributed by atoms with Gasteiger partial charge in [0.15, 0.2) is 0 Å². The summed E-state index contributed by atoms with van der Waals surface area (Å²) in [5.74, 6) is -0.124. The minimum atomic E-state index is -3.30. The van der Waals surface area contributed by atoms with Crippen LogP contribution >= 0.6 is 0 Å². The fourth-order valence-electron chi connectivity index (χ4n) is 3.06. The Kier molecular flexibility index (Phi) is 5.18. The molecule has 2 aromatic carbocycles. The van der Waals surface area contributed by atoms with Crippen LogP contribution in [0.5, 0.6) is 0 Å². The van der Waals surface area contributed by atoms with Crippen LogP contribution in [0.15, 0.2) is 42.5 Å². The number of carbonyl (C=O) groups excluding carboxylic acids is 1. The molecule has 6 nitrogen and oxygen atoms in total. The highest BCUT2D eigenvalue weighted by Gasteiger charge is 2.15. The summed E-state index contributed by atoms with van der Waals surface area (Å²) in [7, 11) is -3.30. The van der Waals surface area contributed by atoms with Crippen molar-refractivity contribution in [3.8, 4) is 0 Å². The molecule has 26 heavy (non-hydrogen) atoms. The summed E-state index contributed by atoms with van der Waals surface area (Å²) in [6, 6.07) is 12.4. The van der Waals surface area contributed by atoms with E-state index in [4.69, 9.17) is 0 Å². The van der Waals surface area contributed by atoms with E-state index in [-0.39, 0.29) is 5.91 Å². The SMILES string of the molecule is C[C@@H](Nc1ccc(NS(C)(=O)=O)cc1)C(=O)Nc1ccc2c(c1)CCC2. The summed E-state index contributed by atoms with van der Waals surface area (Å²) in [6.07, 6.45) is 4.46. The van der Waals surface area contributed by atoms with E-state index in [2.05, 4.69) is 27.5 Å². The lowest BCUT2D eigenvalue weighted by atomic mass is 10.1. The molecule has 0 bridgehead atoms. The zero-order valence-electron chi connectivity index (χ0n) is 14.9. The summed E-state index contributed by atoms with van der Waals surface area (Å²) in [5.41, 5.74) is 4.72. The lowest BCUT2D eigenvalue weighted by Crippen LogP contribution is -2.31. The topological polar surface area (TPSA) is 87.3 Å². The van der Waals surface area contributed by atoms with E-state index in [0.29, 0.717) is 5.69 Å². The van der Waals surface area contributed by atoms with Gasteiger partial charge in [-0.2, -0.15) is 0 Å². The first-order chi connectivity index (χ1) is 12.3. The summed E-state index contributed by atoms with van der Waals surface area (Å²) in [5, 5.41) is 6.06. The third kappa shape index (κ3) is 4.76. The fourth-order valence-corrected chi connectivity index (χ4v) is 3.63. The van der Waals surface area contributed by atoms with Gasteiger partial charge in [0.25, 0.3) is 0 Å². The predicted molar refractivity (Wildman–Crippen MR) is 105 cm³/mol. The number of amides is 1. The van der Waals surface area contributed by atoms with Crippen molar-refractivity contribution in [2.24, 2.45) is 0 Å². The molecular formula is C19H23N3O3S. The van der Waals surface area contributed by atoms with E-state index in [1.807, 2.05) is 6.07 Å². The molecule has 1 atom stereocenters. The second kappa shape index (κ2) is 7.37. The van der Waals surface area contributed by atoms with Crippen LogP contribution in [-0.2, 0) is 27.7 Å². The average Bonchev–Trinajstić information content (AvgIpc) is 3.03. The van der Waals surface area contributed by atoms with Crippen LogP contribution in [-0.4, -0.2) is 26.6 Å². The van der Waals surface area contributed by atoms with Gasteiger partial charge in [-0.3, -0.25) is 9.52 Å². The molecule has 1 amide bonds. The molecule has 1 aliphatic rings. The van der Waals surface area contributed by atoms with Gasteiger partial charge in [0.1, 0.15) is 6.04 Å². The van der Waals surface area contributed by atoms with Gasteiger partial charge in [0.05, 0.1) is 6.26 Å². The average molecular weight is 373 g/mol. The Balaban J connectivity index is 1.58. The molecule has 0 heterocycles. The van der Waals surface area contributed by atoms with Crippen molar-refractivity contribution in [2.45, 2.75) is 32.2 Å². The number of carbonyl (C=O) groups is 1. The van der Waals surface area contributed by atoms with Crippen molar-refractivity contribution in [1.82, 2.24) is 0 Å². The summed E-state index contributed by atoms with van der Waals surface area (Å²) in [4.78, 5) is 12.4. The lowest BCUT2D eigenvalue weighted by Gasteiger charge is -2.16. The molecule has 0 aromatic heterocycles. The van der Waals surface area contributed by atoms with Crippen LogP contribution in [0.25, 0.3) is 0 Å². The second-order valence-electron chi connectivity index (χ2n) is 6.64. The van der Waals surface area contributed by atoms with E-state index in [1.165, 1.54) is 17.5 Å². The highest BCUT2D eigenvalue weighted by Crippen LogP contribution is 2.25. The minimum absolute atomic E-state index is 0.124. The molecule has 2 aromatic rings. The Bertz CT molecular complexity index is 908. The highest BCUT2D eigenvalue weighted by molar-refractivity contribution is 7.92. The van der Waals surface area contributed by atoms with E-state index < -0.39 is 16.1 Å². The molecule has 0 radical (unpaired) electrons. The van der Waals surface area contributed by atoms with Crippen molar-refractivity contribution in [1.29, 1.82) is 0 Å². The number of nitrogens with one attached hydrogen (secondary N) is 3. The van der Waals surface area contributed by atoms with Crippen LogP contribution in [0.3, 0.4) is 0 Å². The van der Waals surface area contributed by atoms with Crippen LogP contribution in [0, 0.1) is 0 Å². The van der Waals surface area contributed by atoms with Crippen LogP contribution < -0.4 is 15.4 Å². The van der Waals surface area contributed by atoms with Crippen LogP contribution in [0.4, 0.5) is 17.1 Å². The monoisotopic (exact) mass is 373 g/mol. The first-order valence-corrected chi connectivity index (χ1v) is 10.5. The number of hydrogen-bond acceptors (Lipinski definition) is 4. The Labute approximate surface area is 154 Å². The van der Waals surface area contributed by atoms with Crippen molar-refractivity contribution in [3.05, 3.63) is 53.6 Å². The number of sulfonamides is 1. The van der Waals surface area contributed by atoms with Gasteiger partial charge in [0.2, 0.25) is 15.9 Å². The number of anilines is 3. The third-order valence-corrected chi connectivity index (χ3v) is 4.94. The predicted octanol–water partition coefficient (Wildman–Crippen LogP) is 2.99. The molecule has 7 heteroatoms. The summed E-state index contributed by atoms with van der Waals surface area (Å²) in [6.45, 7) is 1.78. The summed E-state index contributed by atoms with van der Waals surface area (Å²) < 4.78 is 24.8. The van der Waals surface area contributed by atoms with Crippen molar-refractivity contribution < 1.29 is 13.2 Å². The maximum absolute atomic E-state index is 12.4. The number of hydrogen-bond donors (Lipinski definition) is 3. The van der Waals surface area contributed by atoms with Crippen molar-refractivity contribution >= 4 is 33.0 Å². The Morgan fingerprint density at radius 3 is 2.27 bits per heavy atom. The molecular weight excluding hydrogens is 350 g/mol. The fraction of sp³-hybridized carbons (Fsp3) is 0.316. The lowest BCUT2D eigenvalue weighted by molar-refractivity contribution is -0.116. The van der Waals surface area contributed by atoms with Crippen molar-refractivity contribution in [2.75, 3.05) is 21.6 Å². The number of benzene rings is 2. The van der Waals surface area contributed by atoms with E-state index in [9.17, 15) is 13.2 Å². The Hall–Kier alpha value is -2.54. The zero-order chi connectivity index (χ0) is 18.7. The van der Waals surface area contributed by atoms with Gasteiger partial charge in [-0.15, -0.1) is 0 Å². The van der Waals surface area contributed by atoms with Gasteiger partial charge in [-0.1, -0.05) is 6.07 Å². The van der Waals surface area contributed by atoms with Crippen molar-refractivity contribution in [3.63, 3.8) is 0 Å². The molecule has 0 spiro atoms. The summed E-state index contributed by atoms with van der Waals surface area (Å²) >= 11 is 0. The molecule has 0 fully saturated rings. The Morgan fingerprint density at radius 1 is 0.962 bits per heavy atom. The van der Waals surface area contributed by atoms with E-state index in [0.717, 1.165) is 30.5 Å². The maximum atomic E-state index is 12.4. The standard InChI is InChI=1S/C19H23N3O3S/c1-13(20-16-8-10-17(11-9-16)22-26(2,24)25)19(23)21-18-7-6-14-4-3-5-15(14)12-18/h6-13,20,22H,3-5H2,1-2H3,(H,21,23)/t13-/m1/s1. The largest absolute Gasteiger partial charge is 0.374 e. The molecule has 3 rings (SSSR count). The zero-order valence-corrected chi connectivity index (χ0v) is 15.7. The van der Waals surface area contributed by atoms with Gasteiger partial charge in [0, 0.05) is 17.1 Å². The van der Waals surface area contributed by atoms with Gasteiger partial charge in [-0.25, -0.2) is 8.42 Å². The normalized spacial score (nSPS) is 14.4. The van der Waals surface area contributed by atoms with Gasteiger partial charge in [-0.05, 0) is 73.7 Å². The maximum Gasteiger partial charge on any atom is 0.246 e. The molecule has 0 saturated heterocycles. The molecule has 3 N–H and O–H groups in total. The number of aryl methyl sites for hydroxylation is 2. The number of rotatable bonds is 6. The number of fused-ring (bicyclic) bond motifs is 1. The first kappa shape index (κ1) is 18.3. The molecule has 0 aliphatic heterocycles. The highest BCUT2D eigenvalue weighted by atomic mass is 32.2. The van der Waals surface area contributed by atoms with E-state index in [1.54, 1.807) is 31.2 Å². The quantitative estimate of drug-likeness (QED) is 0.726. The van der Waals surface area contributed by atoms with Gasteiger partial charge >= 0.3 is 0 Å². The Morgan fingerprint density at radius 2 is 1.58 bits per heavy atom.